The third kappa shape index (κ3) is 3.35. The lowest BCUT2D eigenvalue weighted by molar-refractivity contribution is -0.142. The molecule has 0 spiro atoms. The Morgan fingerprint density at radius 3 is 2.73 bits per heavy atom. The SMILES string of the molecule is COCCC1CCN(C(=O)C2COc3ccccc3O2)CC1. The number of para-hydroxylation sites is 2. The second kappa shape index (κ2) is 7.01. The quantitative estimate of drug-likeness (QED) is 0.855. The van der Waals surface area contributed by atoms with Crippen LogP contribution in [0.5, 0.6) is 11.5 Å². The van der Waals surface area contributed by atoms with Gasteiger partial charge in [0.1, 0.15) is 6.61 Å². The van der Waals surface area contributed by atoms with Gasteiger partial charge in [0, 0.05) is 26.8 Å². The van der Waals surface area contributed by atoms with Gasteiger partial charge >= 0.3 is 0 Å². The van der Waals surface area contributed by atoms with Crippen molar-refractivity contribution in [2.24, 2.45) is 5.92 Å². The van der Waals surface area contributed by atoms with Crippen LogP contribution in [0.25, 0.3) is 0 Å². The summed E-state index contributed by atoms with van der Waals surface area (Å²) in [6.07, 6.45) is 2.64. The van der Waals surface area contributed by atoms with Crippen molar-refractivity contribution < 1.29 is 19.0 Å². The van der Waals surface area contributed by atoms with Crippen LogP contribution in [0, 0.1) is 5.92 Å². The summed E-state index contributed by atoms with van der Waals surface area (Å²) in [4.78, 5) is 14.5. The molecule has 1 fully saturated rings. The van der Waals surface area contributed by atoms with Gasteiger partial charge in [0.05, 0.1) is 0 Å². The number of hydrogen-bond donors (Lipinski definition) is 0. The van der Waals surface area contributed by atoms with Crippen molar-refractivity contribution in [3.8, 4) is 11.5 Å². The van der Waals surface area contributed by atoms with Crippen molar-refractivity contribution in [2.45, 2.75) is 25.4 Å². The van der Waals surface area contributed by atoms with Crippen molar-refractivity contribution in [2.75, 3.05) is 33.4 Å². The van der Waals surface area contributed by atoms with E-state index in [1.54, 1.807) is 7.11 Å². The van der Waals surface area contributed by atoms with E-state index in [4.69, 9.17) is 14.2 Å². The average Bonchev–Trinajstić information content (AvgIpc) is 2.59. The second-order valence-electron chi connectivity index (χ2n) is 5.91. The lowest BCUT2D eigenvalue weighted by atomic mass is 9.93. The third-order valence-electron chi connectivity index (χ3n) is 4.44. The minimum atomic E-state index is -0.523. The largest absolute Gasteiger partial charge is 0.485 e. The van der Waals surface area contributed by atoms with Gasteiger partial charge in [-0.25, -0.2) is 0 Å². The van der Waals surface area contributed by atoms with Crippen molar-refractivity contribution in [3.63, 3.8) is 0 Å². The summed E-state index contributed by atoms with van der Waals surface area (Å²) in [7, 11) is 1.73. The van der Waals surface area contributed by atoms with Gasteiger partial charge < -0.3 is 19.1 Å². The van der Waals surface area contributed by atoms with Crippen LogP contribution in [0.15, 0.2) is 24.3 Å². The second-order valence-corrected chi connectivity index (χ2v) is 5.91. The Morgan fingerprint density at radius 1 is 1.27 bits per heavy atom. The van der Waals surface area contributed by atoms with Gasteiger partial charge in [-0.3, -0.25) is 4.79 Å². The van der Waals surface area contributed by atoms with Crippen LogP contribution in [0.2, 0.25) is 0 Å². The van der Waals surface area contributed by atoms with Gasteiger partial charge in [0.15, 0.2) is 11.5 Å². The summed E-state index contributed by atoms with van der Waals surface area (Å²) in [6, 6.07) is 7.48. The first-order chi connectivity index (χ1) is 10.8. The van der Waals surface area contributed by atoms with Gasteiger partial charge in [0.25, 0.3) is 5.91 Å². The lowest BCUT2D eigenvalue weighted by Gasteiger charge is -2.35. The standard InChI is InChI=1S/C17H23NO4/c1-20-11-8-13-6-9-18(10-7-13)17(19)16-12-21-14-4-2-3-5-15(14)22-16/h2-5,13,16H,6-12H2,1H3. The van der Waals surface area contributed by atoms with E-state index in [9.17, 15) is 4.79 Å². The summed E-state index contributed by atoms with van der Waals surface area (Å²) in [5.41, 5.74) is 0. The number of fused-ring (bicyclic) bond motifs is 1. The van der Waals surface area contributed by atoms with Crippen LogP contribution in [0.3, 0.4) is 0 Å². The number of carbonyl (C=O) groups is 1. The molecule has 1 saturated heterocycles. The molecule has 2 heterocycles. The van der Waals surface area contributed by atoms with Crippen LogP contribution in [-0.4, -0.2) is 50.3 Å². The smallest absolute Gasteiger partial charge is 0.267 e. The maximum atomic E-state index is 12.6. The highest BCUT2D eigenvalue weighted by atomic mass is 16.6. The molecule has 2 aliphatic heterocycles. The summed E-state index contributed by atoms with van der Waals surface area (Å²) in [5, 5.41) is 0. The number of ether oxygens (including phenoxy) is 3. The molecule has 5 nitrogen and oxygen atoms in total. The highest BCUT2D eigenvalue weighted by molar-refractivity contribution is 5.82. The van der Waals surface area contributed by atoms with Crippen LogP contribution >= 0.6 is 0 Å². The summed E-state index contributed by atoms with van der Waals surface area (Å²) >= 11 is 0. The fourth-order valence-electron chi connectivity index (χ4n) is 3.07. The zero-order valence-electron chi connectivity index (χ0n) is 13.0. The Balaban J connectivity index is 1.53. The maximum Gasteiger partial charge on any atom is 0.267 e. The Kier molecular flexibility index (Phi) is 4.83. The van der Waals surface area contributed by atoms with E-state index in [1.807, 2.05) is 29.2 Å². The predicted octanol–water partition coefficient (Wildman–Crippen LogP) is 2.10. The van der Waals surface area contributed by atoms with Gasteiger partial charge in [-0.2, -0.15) is 0 Å². The monoisotopic (exact) mass is 305 g/mol. The number of carbonyl (C=O) groups excluding carboxylic acids is 1. The minimum absolute atomic E-state index is 0.0414. The number of hydrogen-bond acceptors (Lipinski definition) is 4. The first-order valence-corrected chi connectivity index (χ1v) is 7.94. The molecule has 1 amide bonds. The zero-order chi connectivity index (χ0) is 15.4. The molecule has 120 valence electrons. The van der Waals surface area contributed by atoms with Crippen LogP contribution in [0.1, 0.15) is 19.3 Å². The molecule has 0 aliphatic carbocycles. The topological polar surface area (TPSA) is 48.0 Å². The number of rotatable bonds is 4. The molecule has 1 aromatic carbocycles. The molecule has 0 saturated carbocycles. The Labute approximate surface area is 131 Å². The van der Waals surface area contributed by atoms with Crippen molar-refractivity contribution in [1.29, 1.82) is 0 Å². The number of nitrogens with zero attached hydrogens (tertiary/aromatic N) is 1. The number of methoxy groups -OCH3 is 1. The molecule has 0 bridgehead atoms. The number of amides is 1. The summed E-state index contributed by atoms with van der Waals surface area (Å²) < 4.78 is 16.6. The van der Waals surface area contributed by atoms with Crippen molar-refractivity contribution in [1.82, 2.24) is 4.90 Å². The maximum absolute atomic E-state index is 12.6. The van der Waals surface area contributed by atoms with E-state index < -0.39 is 6.10 Å². The molecule has 1 atom stereocenters. The van der Waals surface area contributed by atoms with Crippen molar-refractivity contribution >= 4 is 5.91 Å². The molecule has 0 N–H and O–H groups in total. The Morgan fingerprint density at radius 2 is 2.00 bits per heavy atom. The molecule has 0 radical (unpaired) electrons. The van der Waals surface area contributed by atoms with E-state index >= 15 is 0 Å². The normalized spacial score (nSPS) is 21.7. The number of piperidine rings is 1. The Hall–Kier alpha value is -1.75. The van der Waals surface area contributed by atoms with Gasteiger partial charge in [-0.1, -0.05) is 12.1 Å². The molecular weight excluding hydrogens is 282 g/mol. The first kappa shape index (κ1) is 15.2. The Bertz CT molecular complexity index is 511. The minimum Gasteiger partial charge on any atom is -0.485 e. The molecular formula is C17H23NO4. The highest BCUT2D eigenvalue weighted by Crippen LogP contribution is 2.31. The number of benzene rings is 1. The van der Waals surface area contributed by atoms with Gasteiger partial charge in [-0.15, -0.1) is 0 Å². The summed E-state index contributed by atoms with van der Waals surface area (Å²) in [5.74, 6) is 2.07. The molecule has 22 heavy (non-hydrogen) atoms. The number of likely N-dealkylation sites (tertiary alicyclic amines) is 1. The average molecular weight is 305 g/mol. The fraction of sp³-hybridized carbons (Fsp3) is 0.588. The molecule has 1 unspecified atom stereocenters. The van der Waals surface area contributed by atoms with E-state index in [2.05, 4.69) is 0 Å². The van der Waals surface area contributed by atoms with E-state index in [1.165, 1.54) is 0 Å². The molecule has 2 aliphatic rings. The van der Waals surface area contributed by atoms with E-state index in [0.717, 1.165) is 39.0 Å². The van der Waals surface area contributed by atoms with Crippen LogP contribution in [-0.2, 0) is 9.53 Å². The van der Waals surface area contributed by atoms with E-state index in [-0.39, 0.29) is 5.91 Å². The molecule has 3 rings (SSSR count). The van der Waals surface area contributed by atoms with Crippen LogP contribution < -0.4 is 9.47 Å². The van der Waals surface area contributed by atoms with Gasteiger partial charge in [0.2, 0.25) is 6.10 Å². The van der Waals surface area contributed by atoms with Crippen LogP contribution in [0.4, 0.5) is 0 Å². The third-order valence-corrected chi connectivity index (χ3v) is 4.44. The van der Waals surface area contributed by atoms with Crippen molar-refractivity contribution in [3.05, 3.63) is 24.3 Å². The summed E-state index contributed by atoms with van der Waals surface area (Å²) in [6.45, 7) is 2.69. The lowest BCUT2D eigenvalue weighted by Crippen LogP contribution is -2.49. The first-order valence-electron chi connectivity index (χ1n) is 7.94. The van der Waals surface area contributed by atoms with E-state index in [0.29, 0.717) is 24.0 Å². The predicted molar refractivity (Wildman–Crippen MR) is 82.2 cm³/mol. The highest BCUT2D eigenvalue weighted by Gasteiger charge is 2.32. The van der Waals surface area contributed by atoms with Gasteiger partial charge in [-0.05, 0) is 37.3 Å². The molecule has 5 heteroatoms. The zero-order valence-corrected chi connectivity index (χ0v) is 13.0. The fourth-order valence-corrected chi connectivity index (χ4v) is 3.07. The molecule has 0 aromatic heterocycles. The molecule has 1 aromatic rings.